The Labute approximate surface area is 144 Å². The van der Waals surface area contributed by atoms with E-state index in [2.05, 4.69) is 9.97 Å². The molecule has 0 bridgehead atoms. The fraction of sp³-hybridized carbons (Fsp3) is 0. The summed E-state index contributed by atoms with van der Waals surface area (Å²) >= 11 is 0. The summed E-state index contributed by atoms with van der Waals surface area (Å²) in [6.45, 7) is 0. The number of hydrogen-bond donors (Lipinski definition) is 0. The van der Waals surface area contributed by atoms with Gasteiger partial charge in [-0.1, -0.05) is 0 Å². The van der Waals surface area contributed by atoms with Gasteiger partial charge in [-0.05, 0) is 36.4 Å². The van der Waals surface area contributed by atoms with Crippen molar-refractivity contribution in [2.75, 3.05) is 0 Å². The molecule has 0 saturated heterocycles. The minimum absolute atomic E-state index is 0.0971. The number of rotatable bonds is 2. The molecule has 1 aliphatic rings. The van der Waals surface area contributed by atoms with E-state index in [9.17, 15) is 20.2 Å². The Kier molecular flexibility index (Phi) is 2.65. The highest BCUT2D eigenvalue weighted by molar-refractivity contribution is 6.29. The van der Waals surface area contributed by atoms with Crippen LogP contribution >= 0.6 is 0 Å². The van der Waals surface area contributed by atoms with E-state index in [-0.39, 0.29) is 11.4 Å². The number of nitro groups is 2. The van der Waals surface area contributed by atoms with E-state index in [1.54, 1.807) is 48.8 Å². The number of nitro benzene ring substituents is 2. The Morgan fingerprint density at radius 2 is 1.19 bits per heavy atom. The van der Waals surface area contributed by atoms with Crippen LogP contribution in [0.25, 0.3) is 44.7 Å². The number of hydrogen-bond acceptors (Lipinski definition) is 6. The fourth-order valence-electron chi connectivity index (χ4n) is 3.77. The van der Waals surface area contributed by atoms with Gasteiger partial charge in [0.1, 0.15) is 0 Å². The van der Waals surface area contributed by atoms with Crippen LogP contribution < -0.4 is 0 Å². The van der Waals surface area contributed by atoms with E-state index in [4.69, 9.17) is 0 Å². The Bertz CT molecular complexity index is 1250. The predicted octanol–water partition coefficient (Wildman–Crippen LogP) is 4.24. The van der Waals surface area contributed by atoms with Crippen LogP contribution in [0.3, 0.4) is 0 Å². The second-order valence-electron chi connectivity index (χ2n) is 5.92. The van der Waals surface area contributed by atoms with Crippen molar-refractivity contribution in [1.29, 1.82) is 0 Å². The molecule has 4 aromatic rings. The molecule has 0 amide bonds. The van der Waals surface area contributed by atoms with Gasteiger partial charge in [-0.25, -0.2) is 0 Å². The lowest BCUT2D eigenvalue weighted by molar-refractivity contribution is -0.383. The first-order chi connectivity index (χ1) is 12.6. The molecular weight excluding hydrogens is 336 g/mol. The standard InChI is InChI=1S/C18H8N4O4/c23-21(24)17-9-5-6-10-13(9)14(15-11(17)3-1-7-19-15)16-12(4-2-8-20-16)18(10)22(25)26/h1-8H. The molecule has 0 radical (unpaired) electrons. The maximum absolute atomic E-state index is 11.7. The minimum atomic E-state index is -0.466. The Morgan fingerprint density at radius 3 is 1.62 bits per heavy atom. The summed E-state index contributed by atoms with van der Waals surface area (Å²) in [5, 5.41) is 25.3. The zero-order valence-corrected chi connectivity index (χ0v) is 13.0. The molecule has 0 fully saturated rings. The Hall–Kier alpha value is -3.94. The Balaban J connectivity index is 2.22. The van der Waals surface area contributed by atoms with E-state index in [0.29, 0.717) is 43.7 Å². The number of aromatic nitrogens is 2. The highest BCUT2D eigenvalue weighted by Gasteiger charge is 2.32. The van der Waals surface area contributed by atoms with Crippen molar-refractivity contribution in [3.05, 3.63) is 68.0 Å². The average Bonchev–Trinajstić information content (AvgIpc) is 3.05. The molecule has 26 heavy (non-hydrogen) atoms. The number of fused-ring (bicyclic) bond motifs is 4. The molecule has 0 spiro atoms. The van der Waals surface area contributed by atoms with Gasteiger partial charge in [-0.2, -0.15) is 0 Å². The third kappa shape index (κ3) is 1.62. The normalized spacial score (nSPS) is 12.3. The van der Waals surface area contributed by atoms with Crippen LogP contribution in [0.5, 0.6) is 0 Å². The first kappa shape index (κ1) is 14.4. The first-order valence-electron chi connectivity index (χ1n) is 7.71. The molecule has 8 nitrogen and oxygen atoms in total. The van der Waals surface area contributed by atoms with Crippen molar-refractivity contribution in [1.82, 2.24) is 9.97 Å². The third-order valence-corrected chi connectivity index (χ3v) is 4.68. The number of nitrogens with zero attached hydrogens (tertiary/aromatic N) is 4. The van der Waals surface area contributed by atoms with Crippen molar-refractivity contribution in [3.63, 3.8) is 0 Å². The van der Waals surface area contributed by atoms with Crippen molar-refractivity contribution in [3.8, 4) is 0 Å². The van der Waals surface area contributed by atoms with Gasteiger partial charge in [0.05, 0.1) is 42.8 Å². The molecule has 2 aromatic carbocycles. The summed E-state index contributed by atoms with van der Waals surface area (Å²) < 4.78 is 0. The van der Waals surface area contributed by atoms with Gasteiger partial charge in [-0.15, -0.1) is 0 Å². The van der Waals surface area contributed by atoms with Gasteiger partial charge in [0.2, 0.25) is 0 Å². The topological polar surface area (TPSA) is 112 Å². The van der Waals surface area contributed by atoms with E-state index >= 15 is 0 Å². The van der Waals surface area contributed by atoms with Gasteiger partial charge >= 0.3 is 0 Å². The predicted molar refractivity (Wildman–Crippen MR) is 96.8 cm³/mol. The van der Waals surface area contributed by atoms with Gasteiger partial charge in [0.15, 0.2) is 0 Å². The highest BCUT2D eigenvalue weighted by Crippen LogP contribution is 2.48. The summed E-state index contributed by atoms with van der Waals surface area (Å²) in [4.78, 5) is 31.2. The summed E-state index contributed by atoms with van der Waals surface area (Å²) in [5.74, 6) is 0. The second kappa shape index (κ2) is 4.79. The molecule has 0 saturated carbocycles. The molecule has 0 atom stereocenters. The van der Waals surface area contributed by atoms with Crippen LogP contribution in [0.15, 0.2) is 36.7 Å². The third-order valence-electron chi connectivity index (χ3n) is 4.68. The molecule has 2 heterocycles. The second-order valence-corrected chi connectivity index (χ2v) is 5.92. The van der Waals surface area contributed by atoms with Crippen LogP contribution in [0.2, 0.25) is 0 Å². The zero-order valence-electron chi connectivity index (χ0n) is 13.0. The molecule has 0 N–H and O–H groups in total. The molecule has 8 heteroatoms. The Morgan fingerprint density at radius 1 is 0.731 bits per heavy atom. The lowest BCUT2D eigenvalue weighted by Gasteiger charge is -2.11. The van der Waals surface area contributed by atoms with Crippen LogP contribution in [0, 0.1) is 20.2 Å². The first-order valence-corrected chi connectivity index (χ1v) is 7.71. The molecule has 124 valence electrons. The minimum Gasteiger partial charge on any atom is -0.258 e. The van der Waals surface area contributed by atoms with Crippen molar-refractivity contribution in [2.45, 2.75) is 0 Å². The van der Waals surface area contributed by atoms with Crippen LogP contribution in [-0.4, -0.2) is 19.8 Å². The molecule has 1 aliphatic carbocycles. The quantitative estimate of drug-likeness (QED) is 0.269. The average molecular weight is 344 g/mol. The van der Waals surface area contributed by atoms with E-state index in [1.807, 2.05) is 0 Å². The summed E-state index contributed by atoms with van der Waals surface area (Å²) in [5.41, 5.74) is 1.36. The van der Waals surface area contributed by atoms with Crippen LogP contribution in [0.4, 0.5) is 11.4 Å². The highest BCUT2D eigenvalue weighted by atomic mass is 16.6. The molecule has 0 unspecified atom stereocenters. The molecule has 0 aliphatic heterocycles. The maximum Gasteiger partial charge on any atom is 0.286 e. The maximum atomic E-state index is 11.7. The summed E-state index contributed by atoms with van der Waals surface area (Å²) in [6.07, 6.45) is 6.22. The molecule has 5 rings (SSSR count). The summed E-state index contributed by atoms with van der Waals surface area (Å²) in [7, 11) is 0. The fourth-order valence-corrected chi connectivity index (χ4v) is 3.77. The van der Waals surface area contributed by atoms with Gasteiger partial charge < -0.3 is 0 Å². The van der Waals surface area contributed by atoms with Crippen molar-refractivity contribution >= 4 is 56.1 Å². The monoisotopic (exact) mass is 344 g/mol. The molecule has 2 aromatic heterocycles. The van der Waals surface area contributed by atoms with Crippen LogP contribution in [0.1, 0.15) is 11.1 Å². The van der Waals surface area contributed by atoms with Crippen molar-refractivity contribution < 1.29 is 9.85 Å². The van der Waals surface area contributed by atoms with Crippen LogP contribution in [-0.2, 0) is 0 Å². The zero-order chi connectivity index (χ0) is 18.0. The molecular formula is C18H8N4O4. The van der Waals surface area contributed by atoms with E-state index in [0.717, 1.165) is 0 Å². The number of benzene rings is 2. The van der Waals surface area contributed by atoms with Gasteiger partial charge in [0.25, 0.3) is 11.4 Å². The smallest absolute Gasteiger partial charge is 0.258 e. The van der Waals surface area contributed by atoms with Gasteiger partial charge in [0, 0.05) is 23.2 Å². The lowest BCUT2D eigenvalue weighted by atomic mass is 9.94. The van der Waals surface area contributed by atoms with Crippen molar-refractivity contribution in [2.24, 2.45) is 0 Å². The number of pyridine rings is 2. The van der Waals surface area contributed by atoms with E-state index in [1.165, 1.54) is 0 Å². The summed E-state index contributed by atoms with van der Waals surface area (Å²) in [6, 6.07) is 6.54. The van der Waals surface area contributed by atoms with E-state index < -0.39 is 9.85 Å². The lowest BCUT2D eigenvalue weighted by Crippen LogP contribution is -1.99. The SMILES string of the molecule is O=[N+]([O-])c1c2c3c(c([N+](=O)[O-])c4cccnc4c3c3ncccc13)C=C2. The largest absolute Gasteiger partial charge is 0.286 e. The van der Waals surface area contributed by atoms with Gasteiger partial charge in [-0.3, -0.25) is 30.2 Å².